The minimum absolute atomic E-state index is 0.0969. The second kappa shape index (κ2) is 8.38. The first-order chi connectivity index (χ1) is 16.4. The molecule has 1 aromatic heterocycles. The third kappa shape index (κ3) is 4.13. The number of hydrogen-bond donors (Lipinski definition) is 1. The number of benzene rings is 1. The molecule has 2 aromatic rings. The average molecular weight is 465 g/mol. The molecule has 3 heterocycles. The van der Waals surface area contributed by atoms with Crippen molar-refractivity contribution in [3.05, 3.63) is 46.8 Å². The molecule has 6 rings (SSSR count). The van der Waals surface area contributed by atoms with E-state index in [2.05, 4.69) is 34.3 Å². The molecule has 1 N–H and O–H groups in total. The average Bonchev–Trinajstić information content (AvgIpc) is 3.51. The van der Waals surface area contributed by atoms with Gasteiger partial charge in [-0.25, -0.2) is 9.48 Å². The number of nitrogens with zero attached hydrogens (tertiary/aromatic N) is 3. The highest BCUT2D eigenvalue weighted by atomic mass is 16.6. The number of hydrogen-bond acceptors (Lipinski definition) is 5. The Kier molecular flexibility index (Phi) is 5.45. The van der Waals surface area contributed by atoms with Crippen LogP contribution in [0.3, 0.4) is 0 Å². The predicted molar refractivity (Wildman–Crippen MR) is 129 cm³/mol. The number of carbonyl (C=O) groups is 1. The number of rotatable bonds is 4. The maximum atomic E-state index is 13.1. The molecular weight excluding hydrogens is 428 g/mol. The van der Waals surface area contributed by atoms with Gasteiger partial charge >= 0.3 is 6.09 Å². The Balaban J connectivity index is 1.38. The number of nitrogens with one attached hydrogen (secondary N) is 1. The lowest BCUT2D eigenvalue weighted by Crippen LogP contribution is -2.46. The molecule has 7 heteroatoms. The summed E-state index contributed by atoms with van der Waals surface area (Å²) in [5, 5.41) is 8.70. The van der Waals surface area contributed by atoms with E-state index >= 15 is 0 Å². The summed E-state index contributed by atoms with van der Waals surface area (Å²) in [6, 6.07) is 8.85. The summed E-state index contributed by atoms with van der Waals surface area (Å²) in [5.41, 5.74) is 5.33. The molecule has 182 valence electrons. The van der Waals surface area contributed by atoms with Crippen molar-refractivity contribution in [2.45, 2.75) is 89.1 Å². The standard InChI is InChI=1S/C27H36N4O3/c1-27(2,3)34-26(32)30-14-13-21-24-22(30)15-28-16-23(33-20-11-12-20)25(24)29-31(21)19-9-7-18(8-10-19)17-5-4-6-17/h7-10,17,20,22-23,28H,4-6,11-16H2,1-3H3. The van der Waals surface area contributed by atoms with Crippen molar-refractivity contribution >= 4 is 6.09 Å². The lowest BCUT2D eigenvalue weighted by molar-refractivity contribution is 0.0142. The second-order valence-corrected chi connectivity index (χ2v) is 11.3. The number of aromatic nitrogens is 2. The Morgan fingerprint density at radius 1 is 1.09 bits per heavy atom. The first-order valence-electron chi connectivity index (χ1n) is 13.0. The molecule has 34 heavy (non-hydrogen) atoms. The summed E-state index contributed by atoms with van der Waals surface area (Å²) in [6.45, 7) is 7.76. The summed E-state index contributed by atoms with van der Waals surface area (Å²) >= 11 is 0. The topological polar surface area (TPSA) is 68.6 Å². The molecule has 1 amide bonds. The minimum Gasteiger partial charge on any atom is -0.444 e. The van der Waals surface area contributed by atoms with Crippen molar-refractivity contribution in [2.75, 3.05) is 19.6 Å². The Bertz CT molecular complexity index is 1060. The largest absolute Gasteiger partial charge is 0.444 e. The van der Waals surface area contributed by atoms with Gasteiger partial charge in [0.25, 0.3) is 0 Å². The molecule has 1 aromatic carbocycles. The van der Waals surface area contributed by atoms with Gasteiger partial charge in [-0.2, -0.15) is 5.10 Å². The Labute approximate surface area is 201 Å². The monoisotopic (exact) mass is 464 g/mol. The van der Waals surface area contributed by atoms with Crippen LogP contribution in [0, 0.1) is 0 Å². The first kappa shape index (κ1) is 22.1. The maximum absolute atomic E-state index is 13.1. The highest BCUT2D eigenvalue weighted by Crippen LogP contribution is 2.41. The van der Waals surface area contributed by atoms with E-state index in [9.17, 15) is 4.79 Å². The van der Waals surface area contributed by atoms with Gasteiger partial charge in [0.05, 0.1) is 29.2 Å². The molecule has 0 bridgehead atoms. The molecule has 2 fully saturated rings. The van der Waals surface area contributed by atoms with E-state index in [1.54, 1.807) is 0 Å². The van der Waals surface area contributed by atoms with Crippen molar-refractivity contribution in [3.63, 3.8) is 0 Å². The molecule has 2 saturated carbocycles. The van der Waals surface area contributed by atoms with Crippen LogP contribution in [0.4, 0.5) is 4.79 Å². The molecule has 0 saturated heterocycles. The highest BCUT2D eigenvalue weighted by molar-refractivity contribution is 5.70. The lowest BCUT2D eigenvalue weighted by Gasteiger charge is -2.36. The fraction of sp³-hybridized carbons (Fsp3) is 0.630. The lowest BCUT2D eigenvalue weighted by atomic mass is 9.80. The molecule has 2 aliphatic carbocycles. The Morgan fingerprint density at radius 3 is 2.50 bits per heavy atom. The van der Waals surface area contributed by atoms with E-state index in [4.69, 9.17) is 14.6 Å². The van der Waals surface area contributed by atoms with Crippen LogP contribution in [0.5, 0.6) is 0 Å². The van der Waals surface area contributed by atoms with E-state index < -0.39 is 5.60 Å². The number of ether oxygens (including phenoxy) is 2. The van der Waals surface area contributed by atoms with Gasteiger partial charge < -0.3 is 14.8 Å². The van der Waals surface area contributed by atoms with E-state index in [-0.39, 0.29) is 18.2 Å². The second-order valence-electron chi connectivity index (χ2n) is 11.3. The zero-order valence-electron chi connectivity index (χ0n) is 20.5. The Morgan fingerprint density at radius 2 is 1.85 bits per heavy atom. The van der Waals surface area contributed by atoms with Crippen molar-refractivity contribution < 1.29 is 14.3 Å². The van der Waals surface area contributed by atoms with E-state index in [1.165, 1.54) is 30.5 Å². The quantitative estimate of drug-likeness (QED) is 0.704. The van der Waals surface area contributed by atoms with Crippen LogP contribution in [-0.2, 0) is 15.9 Å². The first-order valence-corrected chi connectivity index (χ1v) is 13.0. The third-order valence-electron chi connectivity index (χ3n) is 7.54. The van der Waals surface area contributed by atoms with E-state index in [0.29, 0.717) is 25.7 Å². The Hall–Kier alpha value is -2.38. The summed E-state index contributed by atoms with van der Waals surface area (Å²) in [6.07, 6.45) is 6.91. The van der Waals surface area contributed by atoms with Crippen LogP contribution < -0.4 is 5.32 Å². The fourth-order valence-corrected chi connectivity index (χ4v) is 5.45. The zero-order chi connectivity index (χ0) is 23.4. The van der Waals surface area contributed by atoms with E-state index in [1.807, 2.05) is 25.7 Å². The van der Waals surface area contributed by atoms with Crippen molar-refractivity contribution in [2.24, 2.45) is 0 Å². The van der Waals surface area contributed by atoms with Gasteiger partial charge in [-0.15, -0.1) is 0 Å². The van der Waals surface area contributed by atoms with Gasteiger partial charge in [0.15, 0.2) is 0 Å². The zero-order valence-corrected chi connectivity index (χ0v) is 20.5. The van der Waals surface area contributed by atoms with Crippen LogP contribution in [0.2, 0.25) is 0 Å². The molecule has 2 unspecified atom stereocenters. The van der Waals surface area contributed by atoms with Crippen LogP contribution in [0.1, 0.15) is 93.5 Å². The van der Waals surface area contributed by atoms with E-state index in [0.717, 1.165) is 42.1 Å². The van der Waals surface area contributed by atoms with Crippen LogP contribution >= 0.6 is 0 Å². The number of carbonyl (C=O) groups excluding carboxylic acids is 1. The molecule has 0 radical (unpaired) electrons. The van der Waals surface area contributed by atoms with Crippen LogP contribution in [0.15, 0.2) is 24.3 Å². The van der Waals surface area contributed by atoms with Crippen molar-refractivity contribution in [1.29, 1.82) is 0 Å². The third-order valence-corrected chi connectivity index (χ3v) is 7.54. The SMILES string of the molecule is CC(C)(C)OC(=O)N1CCc2c3c(nn2-c2ccc(C4CCC4)cc2)C(OC2CC2)CNCC31. The molecular formula is C27H36N4O3. The summed E-state index contributed by atoms with van der Waals surface area (Å²) in [7, 11) is 0. The minimum atomic E-state index is -0.525. The van der Waals surface area contributed by atoms with Gasteiger partial charge in [-0.3, -0.25) is 4.90 Å². The summed E-state index contributed by atoms with van der Waals surface area (Å²) in [4.78, 5) is 15.0. The number of amides is 1. The molecule has 7 nitrogen and oxygen atoms in total. The smallest absolute Gasteiger partial charge is 0.410 e. The molecule has 2 aliphatic heterocycles. The maximum Gasteiger partial charge on any atom is 0.410 e. The van der Waals surface area contributed by atoms with Gasteiger partial charge in [0, 0.05) is 31.6 Å². The van der Waals surface area contributed by atoms with Gasteiger partial charge in [0.2, 0.25) is 0 Å². The molecule has 0 spiro atoms. The molecule has 4 aliphatic rings. The normalized spacial score (nSPS) is 24.9. The van der Waals surface area contributed by atoms with Crippen LogP contribution in [0.25, 0.3) is 5.69 Å². The fourth-order valence-electron chi connectivity index (χ4n) is 5.45. The van der Waals surface area contributed by atoms with Gasteiger partial charge in [-0.1, -0.05) is 18.6 Å². The predicted octanol–water partition coefficient (Wildman–Crippen LogP) is 4.80. The summed E-state index contributed by atoms with van der Waals surface area (Å²) in [5.74, 6) is 0.718. The van der Waals surface area contributed by atoms with Crippen molar-refractivity contribution in [1.82, 2.24) is 20.0 Å². The molecule has 2 atom stereocenters. The highest BCUT2D eigenvalue weighted by Gasteiger charge is 2.42. The van der Waals surface area contributed by atoms with Gasteiger partial charge in [-0.05, 0) is 70.1 Å². The van der Waals surface area contributed by atoms with Crippen LogP contribution in [-0.4, -0.2) is 52.1 Å². The van der Waals surface area contributed by atoms with Crippen molar-refractivity contribution in [3.8, 4) is 5.69 Å². The summed E-state index contributed by atoms with van der Waals surface area (Å²) < 4.78 is 14.3. The van der Waals surface area contributed by atoms with Gasteiger partial charge in [0.1, 0.15) is 11.7 Å².